The molecule has 2 nitrogen and oxygen atoms in total. The van der Waals surface area contributed by atoms with Crippen molar-refractivity contribution in [2.75, 3.05) is 0 Å². The second kappa shape index (κ2) is 3.61. The van der Waals surface area contributed by atoms with Gasteiger partial charge in [-0.25, -0.2) is 0 Å². The molecule has 0 aliphatic carbocycles. The highest BCUT2D eigenvalue weighted by Gasteiger charge is 2.11. The molecule has 0 N–H and O–H groups in total. The average Bonchev–Trinajstić information content (AvgIpc) is 2.95. The van der Waals surface area contributed by atoms with Gasteiger partial charge in [-0.15, -0.1) is 11.3 Å². The molecule has 0 spiro atoms. The van der Waals surface area contributed by atoms with E-state index in [1.165, 1.54) is 0 Å². The first-order valence-corrected chi connectivity index (χ1v) is 5.87. The minimum absolute atomic E-state index is 0.720. The van der Waals surface area contributed by atoms with Crippen molar-refractivity contribution in [2.24, 2.45) is 0 Å². The van der Waals surface area contributed by atoms with Gasteiger partial charge in [-0.2, -0.15) is 0 Å². The Hall–Kier alpha value is -1.87. The summed E-state index contributed by atoms with van der Waals surface area (Å²) in [7, 11) is 0. The first-order valence-electron chi connectivity index (χ1n) is 4.99. The molecular formula is C13H9NOS. The molecule has 3 heteroatoms. The Morgan fingerprint density at radius 1 is 1.19 bits per heavy atom. The molecule has 0 saturated carbocycles. The van der Waals surface area contributed by atoms with Crippen molar-refractivity contribution in [1.29, 1.82) is 0 Å². The number of carbonyl (C=O) groups excluding carboxylic acids is 1. The topological polar surface area (TPSA) is 21.5 Å². The van der Waals surface area contributed by atoms with Crippen LogP contribution in [0.15, 0.2) is 48.0 Å². The Kier molecular flexibility index (Phi) is 2.11. The lowest BCUT2D eigenvalue weighted by Gasteiger charge is -1.96. The first kappa shape index (κ1) is 9.36. The van der Waals surface area contributed by atoms with Crippen molar-refractivity contribution in [2.45, 2.75) is 0 Å². The Labute approximate surface area is 96.8 Å². The van der Waals surface area contributed by atoms with Crippen LogP contribution in [0.25, 0.3) is 16.0 Å². The Bertz CT molecular complexity index is 637. The molecule has 0 saturated heterocycles. The van der Waals surface area contributed by atoms with Gasteiger partial charge in [0.1, 0.15) is 0 Å². The maximum Gasteiger partial charge on any atom is 0.167 e. The number of nitrogens with zero attached hydrogens (tertiary/aromatic N) is 1. The molecule has 0 unspecified atom stereocenters. The lowest BCUT2D eigenvalue weighted by atomic mass is 10.2. The zero-order valence-electron chi connectivity index (χ0n) is 8.46. The number of aromatic nitrogens is 1. The molecule has 0 aliphatic rings. The van der Waals surface area contributed by atoms with E-state index in [9.17, 15) is 4.79 Å². The fourth-order valence-corrected chi connectivity index (χ4v) is 2.65. The van der Waals surface area contributed by atoms with E-state index in [2.05, 4.69) is 6.07 Å². The summed E-state index contributed by atoms with van der Waals surface area (Å²) >= 11 is 1.65. The Balaban J connectivity index is 2.37. The largest absolute Gasteiger partial charge is 0.314 e. The van der Waals surface area contributed by atoms with Crippen LogP contribution in [0.1, 0.15) is 10.5 Å². The predicted octanol–water partition coefficient (Wildman–Crippen LogP) is 3.48. The van der Waals surface area contributed by atoms with Gasteiger partial charge >= 0.3 is 0 Å². The summed E-state index contributed by atoms with van der Waals surface area (Å²) in [6, 6.07) is 12.0. The lowest BCUT2D eigenvalue weighted by Crippen LogP contribution is -1.90. The quantitative estimate of drug-likeness (QED) is 0.614. The Morgan fingerprint density at radius 3 is 2.88 bits per heavy atom. The first-order chi connectivity index (χ1) is 7.90. The summed E-state index contributed by atoms with van der Waals surface area (Å²) in [5.74, 6) is 0. The minimum Gasteiger partial charge on any atom is -0.314 e. The normalized spacial score (nSPS) is 10.8. The van der Waals surface area contributed by atoms with E-state index < -0.39 is 0 Å². The van der Waals surface area contributed by atoms with Crippen LogP contribution in [-0.2, 0) is 0 Å². The standard InChI is InChI=1S/C13H9NOS/c15-9-12-11(13-5-3-7-16-13)8-10-4-1-2-6-14(10)12/h1-9H. The third-order valence-corrected chi connectivity index (χ3v) is 3.52. The number of pyridine rings is 1. The SMILES string of the molecule is O=Cc1c(-c2cccs2)cc2ccccn12. The maximum absolute atomic E-state index is 11.2. The maximum atomic E-state index is 11.2. The summed E-state index contributed by atoms with van der Waals surface area (Å²) in [6.45, 7) is 0. The molecule has 0 atom stereocenters. The van der Waals surface area contributed by atoms with Gasteiger partial charge in [0.25, 0.3) is 0 Å². The van der Waals surface area contributed by atoms with Crippen molar-refractivity contribution < 1.29 is 4.79 Å². The third-order valence-electron chi connectivity index (χ3n) is 2.62. The summed E-state index contributed by atoms with van der Waals surface area (Å²) < 4.78 is 1.92. The fourth-order valence-electron chi connectivity index (χ4n) is 1.89. The van der Waals surface area contributed by atoms with Crippen LogP contribution < -0.4 is 0 Å². The van der Waals surface area contributed by atoms with Gasteiger partial charge in [0.05, 0.1) is 5.69 Å². The molecule has 0 fully saturated rings. The van der Waals surface area contributed by atoms with Crippen LogP contribution >= 0.6 is 11.3 Å². The molecular weight excluding hydrogens is 218 g/mol. The molecule has 3 rings (SSSR count). The zero-order valence-corrected chi connectivity index (χ0v) is 9.28. The van der Waals surface area contributed by atoms with Crippen LogP contribution in [0, 0.1) is 0 Å². The number of fused-ring (bicyclic) bond motifs is 1. The second-order valence-corrected chi connectivity index (χ2v) is 4.48. The van der Waals surface area contributed by atoms with Gasteiger partial charge in [0.15, 0.2) is 6.29 Å². The number of rotatable bonds is 2. The summed E-state index contributed by atoms with van der Waals surface area (Å²) in [4.78, 5) is 12.3. The van der Waals surface area contributed by atoms with Crippen molar-refractivity contribution in [3.8, 4) is 10.4 Å². The molecule has 3 aromatic heterocycles. The van der Waals surface area contributed by atoms with E-state index in [0.717, 1.165) is 27.9 Å². The minimum atomic E-state index is 0.720. The molecule has 0 aliphatic heterocycles. The van der Waals surface area contributed by atoms with Crippen LogP contribution in [-0.4, -0.2) is 10.7 Å². The van der Waals surface area contributed by atoms with E-state index >= 15 is 0 Å². The third kappa shape index (κ3) is 1.29. The molecule has 0 amide bonds. The zero-order chi connectivity index (χ0) is 11.0. The van der Waals surface area contributed by atoms with Crippen molar-refractivity contribution in [1.82, 2.24) is 4.40 Å². The van der Waals surface area contributed by atoms with Crippen molar-refractivity contribution in [3.05, 3.63) is 53.7 Å². The summed E-state index contributed by atoms with van der Waals surface area (Å²) in [5, 5.41) is 2.02. The average molecular weight is 227 g/mol. The predicted molar refractivity (Wildman–Crippen MR) is 66.1 cm³/mol. The van der Waals surface area contributed by atoms with Gasteiger partial charge in [-0.1, -0.05) is 12.1 Å². The van der Waals surface area contributed by atoms with Crippen LogP contribution in [0.3, 0.4) is 0 Å². The highest BCUT2D eigenvalue weighted by Crippen LogP contribution is 2.30. The lowest BCUT2D eigenvalue weighted by molar-refractivity contribution is 0.111. The van der Waals surface area contributed by atoms with Gasteiger partial charge in [0, 0.05) is 22.2 Å². The number of hydrogen-bond donors (Lipinski definition) is 0. The number of aldehydes is 1. The molecule has 3 heterocycles. The van der Waals surface area contributed by atoms with E-state index in [1.807, 2.05) is 46.3 Å². The Morgan fingerprint density at radius 2 is 2.12 bits per heavy atom. The van der Waals surface area contributed by atoms with Gasteiger partial charge in [0.2, 0.25) is 0 Å². The molecule has 16 heavy (non-hydrogen) atoms. The smallest absolute Gasteiger partial charge is 0.167 e. The highest BCUT2D eigenvalue weighted by atomic mass is 32.1. The van der Waals surface area contributed by atoms with Gasteiger partial charge < -0.3 is 4.40 Å². The fraction of sp³-hybridized carbons (Fsp3) is 0. The van der Waals surface area contributed by atoms with E-state index in [4.69, 9.17) is 0 Å². The number of carbonyl (C=O) groups is 1. The van der Waals surface area contributed by atoms with Gasteiger partial charge in [-0.3, -0.25) is 4.79 Å². The second-order valence-electron chi connectivity index (χ2n) is 3.53. The monoisotopic (exact) mass is 227 g/mol. The summed E-state index contributed by atoms with van der Waals surface area (Å²) in [6.07, 6.45) is 2.83. The van der Waals surface area contributed by atoms with Crippen LogP contribution in [0.5, 0.6) is 0 Å². The van der Waals surface area contributed by atoms with Crippen molar-refractivity contribution in [3.63, 3.8) is 0 Å². The van der Waals surface area contributed by atoms with Crippen LogP contribution in [0.2, 0.25) is 0 Å². The van der Waals surface area contributed by atoms with E-state index in [1.54, 1.807) is 11.3 Å². The molecule has 0 radical (unpaired) electrons. The molecule has 78 valence electrons. The van der Waals surface area contributed by atoms with E-state index in [-0.39, 0.29) is 0 Å². The van der Waals surface area contributed by atoms with Crippen molar-refractivity contribution >= 4 is 23.1 Å². The molecule has 0 aromatic carbocycles. The summed E-state index contributed by atoms with van der Waals surface area (Å²) in [5.41, 5.74) is 2.78. The number of hydrogen-bond acceptors (Lipinski definition) is 2. The molecule has 3 aromatic rings. The van der Waals surface area contributed by atoms with Gasteiger partial charge in [-0.05, 0) is 29.6 Å². The molecule has 0 bridgehead atoms. The van der Waals surface area contributed by atoms with E-state index in [0.29, 0.717) is 0 Å². The number of thiophene rings is 1. The highest BCUT2D eigenvalue weighted by molar-refractivity contribution is 7.13. The van der Waals surface area contributed by atoms with Crippen LogP contribution in [0.4, 0.5) is 0 Å².